The van der Waals surface area contributed by atoms with Crippen LogP contribution in [-0.4, -0.2) is 43.5 Å². The SMILES string of the molecule is COC(=O)C(C)(O)CN1CCCOc2ccccc21. The van der Waals surface area contributed by atoms with E-state index in [2.05, 4.69) is 4.74 Å². The van der Waals surface area contributed by atoms with Gasteiger partial charge in [-0.2, -0.15) is 0 Å². The number of benzene rings is 1. The van der Waals surface area contributed by atoms with Crippen molar-refractivity contribution in [2.75, 3.05) is 31.7 Å². The number of para-hydroxylation sites is 2. The monoisotopic (exact) mass is 265 g/mol. The number of aliphatic hydroxyl groups is 1. The van der Waals surface area contributed by atoms with Crippen LogP contribution in [0.1, 0.15) is 13.3 Å². The fourth-order valence-electron chi connectivity index (χ4n) is 2.22. The maximum absolute atomic E-state index is 11.6. The van der Waals surface area contributed by atoms with E-state index in [1.165, 1.54) is 14.0 Å². The number of carbonyl (C=O) groups is 1. The van der Waals surface area contributed by atoms with Crippen molar-refractivity contribution in [2.24, 2.45) is 0 Å². The molecule has 5 nitrogen and oxygen atoms in total. The molecule has 0 spiro atoms. The molecule has 0 saturated carbocycles. The molecule has 1 atom stereocenters. The van der Waals surface area contributed by atoms with E-state index in [0.29, 0.717) is 6.61 Å². The average Bonchev–Trinajstić information content (AvgIpc) is 2.60. The number of anilines is 1. The zero-order valence-electron chi connectivity index (χ0n) is 11.3. The minimum atomic E-state index is -1.54. The highest BCUT2D eigenvalue weighted by atomic mass is 16.5. The van der Waals surface area contributed by atoms with E-state index in [1.54, 1.807) is 0 Å². The highest BCUT2D eigenvalue weighted by Crippen LogP contribution is 2.31. The lowest BCUT2D eigenvalue weighted by Gasteiger charge is -2.30. The third-order valence-electron chi connectivity index (χ3n) is 3.16. The molecule has 0 radical (unpaired) electrons. The number of rotatable bonds is 3. The van der Waals surface area contributed by atoms with Gasteiger partial charge < -0.3 is 19.5 Å². The Labute approximate surface area is 112 Å². The van der Waals surface area contributed by atoms with Gasteiger partial charge in [0.25, 0.3) is 0 Å². The van der Waals surface area contributed by atoms with Crippen LogP contribution in [0.2, 0.25) is 0 Å². The quantitative estimate of drug-likeness (QED) is 0.832. The van der Waals surface area contributed by atoms with Crippen LogP contribution in [0, 0.1) is 0 Å². The van der Waals surface area contributed by atoms with Crippen LogP contribution in [0.4, 0.5) is 5.69 Å². The molecule has 2 rings (SSSR count). The molecule has 104 valence electrons. The molecule has 0 fully saturated rings. The standard InChI is InChI=1S/C14H19NO4/c1-14(17,13(16)18-2)10-15-8-5-9-19-12-7-4-3-6-11(12)15/h3-4,6-7,17H,5,8-10H2,1-2H3. The van der Waals surface area contributed by atoms with Gasteiger partial charge in [-0.25, -0.2) is 4.79 Å². The summed E-state index contributed by atoms with van der Waals surface area (Å²) in [6.07, 6.45) is 0.839. The third kappa shape index (κ3) is 2.98. The topological polar surface area (TPSA) is 59.0 Å². The Hall–Kier alpha value is -1.75. The van der Waals surface area contributed by atoms with Gasteiger partial charge in [-0.15, -0.1) is 0 Å². The van der Waals surface area contributed by atoms with E-state index in [1.807, 2.05) is 29.2 Å². The minimum Gasteiger partial charge on any atom is -0.491 e. The maximum Gasteiger partial charge on any atom is 0.339 e. The van der Waals surface area contributed by atoms with Crippen molar-refractivity contribution in [3.8, 4) is 5.75 Å². The molecule has 0 aliphatic carbocycles. The molecule has 1 aromatic rings. The Bertz CT molecular complexity index is 459. The van der Waals surface area contributed by atoms with Crippen molar-refractivity contribution in [3.63, 3.8) is 0 Å². The molecule has 5 heteroatoms. The first-order chi connectivity index (χ1) is 9.04. The van der Waals surface area contributed by atoms with Gasteiger partial charge in [-0.1, -0.05) is 12.1 Å². The Balaban J connectivity index is 2.23. The van der Waals surface area contributed by atoms with Crippen molar-refractivity contribution in [2.45, 2.75) is 18.9 Å². The first kappa shape index (κ1) is 13.7. The predicted octanol–water partition coefficient (Wildman–Crippen LogP) is 1.20. The molecule has 0 aromatic heterocycles. The lowest BCUT2D eigenvalue weighted by atomic mass is 10.1. The molecule has 1 aliphatic heterocycles. The second-order valence-corrected chi connectivity index (χ2v) is 4.86. The van der Waals surface area contributed by atoms with Crippen LogP contribution in [-0.2, 0) is 9.53 Å². The van der Waals surface area contributed by atoms with Gasteiger partial charge in [-0.3, -0.25) is 0 Å². The number of hydrogen-bond acceptors (Lipinski definition) is 5. The Morgan fingerprint density at radius 3 is 3.00 bits per heavy atom. The molecular weight excluding hydrogens is 246 g/mol. The van der Waals surface area contributed by atoms with E-state index < -0.39 is 11.6 Å². The molecule has 1 unspecified atom stereocenters. The number of nitrogens with zero attached hydrogens (tertiary/aromatic N) is 1. The average molecular weight is 265 g/mol. The van der Waals surface area contributed by atoms with Crippen LogP contribution in [0.25, 0.3) is 0 Å². The molecule has 0 bridgehead atoms. The Morgan fingerprint density at radius 2 is 2.26 bits per heavy atom. The van der Waals surface area contributed by atoms with Gasteiger partial charge in [0.05, 0.1) is 25.9 Å². The van der Waals surface area contributed by atoms with Gasteiger partial charge in [-0.05, 0) is 25.5 Å². The molecule has 1 heterocycles. The lowest BCUT2D eigenvalue weighted by Crippen LogP contribution is -2.47. The van der Waals surface area contributed by atoms with Crippen LogP contribution in [0.3, 0.4) is 0 Å². The fraction of sp³-hybridized carbons (Fsp3) is 0.500. The summed E-state index contributed by atoms with van der Waals surface area (Å²) >= 11 is 0. The summed E-state index contributed by atoms with van der Waals surface area (Å²) in [5.41, 5.74) is -0.643. The largest absolute Gasteiger partial charge is 0.491 e. The fourth-order valence-corrected chi connectivity index (χ4v) is 2.22. The normalized spacial score (nSPS) is 17.7. The zero-order chi connectivity index (χ0) is 13.9. The van der Waals surface area contributed by atoms with E-state index in [4.69, 9.17) is 4.74 Å². The van der Waals surface area contributed by atoms with Crippen molar-refractivity contribution in [1.29, 1.82) is 0 Å². The van der Waals surface area contributed by atoms with Gasteiger partial charge in [0.15, 0.2) is 5.60 Å². The Kier molecular flexibility index (Phi) is 3.95. The maximum atomic E-state index is 11.6. The van der Waals surface area contributed by atoms with Crippen molar-refractivity contribution in [1.82, 2.24) is 0 Å². The number of esters is 1. The first-order valence-corrected chi connectivity index (χ1v) is 6.32. The third-order valence-corrected chi connectivity index (χ3v) is 3.16. The highest BCUT2D eigenvalue weighted by molar-refractivity contribution is 5.79. The molecule has 1 N–H and O–H groups in total. The smallest absolute Gasteiger partial charge is 0.339 e. The van der Waals surface area contributed by atoms with Crippen molar-refractivity contribution >= 4 is 11.7 Å². The second kappa shape index (κ2) is 5.48. The summed E-state index contributed by atoms with van der Waals surface area (Å²) in [5.74, 6) is 0.149. The summed E-state index contributed by atoms with van der Waals surface area (Å²) in [5, 5.41) is 10.2. The summed E-state index contributed by atoms with van der Waals surface area (Å²) < 4.78 is 10.3. The van der Waals surface area contributed by atoms with Crippen molar-refractivity contribution in [3.05, 3.63) is 24.3 Å². The number of fused-ring (bicyclic) bond motifs is 1. The minimum absolute atomic E-state index is 0.181. The van der Waals surface area contributed by atoms with Crippen LogP contribution < -0.4 is 9.64 Å². The summed E-state index contributed by atoms with van der Waals surface area (Å²) in [6.45, 7) is 3.01. The highest BCUT2D eigenvalue weighted by Gasteiger charge is 2.34. The number of methoxy groups -OCH3 is 1. The molecular formula is C14H19NO4. The summed E-state index contributed by atoms with van der Waals surface area (Å²) in [7, 11) is 1.27. The molecule has 1 aliphatic rings. The zero-order valence-corrected chi connectivity index (χ0v) is 11.3. The number of ether oxygens (including phenoxy) is 2. The second-order valence-electron chi connectivity index (χ2n) is 4.86. The van der Waals surface area contributed by atoms with Gasteiger partial charge in [0.1, 0.15) is 5.75 Å². The van der Waals surface area contributed by atoms with E-state index in [0.717, 1.165) is 24.4 Å². The van der Waals surface area contributed by atoms with E-state index in [9.17, 15) is 9.90 Å². The molecule has 0 amide bonds. The lowest BCUT2D eigenvalue weighted by molar-refractivity contribution is -0.159. The molecule has 19 heavy (non-hydrogen) atoms. The number of β-amino-alcohol motifs (C(OH)–C–C–N with tert-alkyl or cyclic N) is 1. The number of carbonyl (C=O) groups excluding carboxylic acids is 1. The first-order valence-electron chi connectivity index (χ1n) is 6.32. The molecule has 1 aromatic carbocycles. The predicted molar refractivity (Wildman–Crippen MR) is 71.4 cm³/mol. The number of hydrogen-bond donors (Lipinski definition) is 1. The summed E-state index contributed by atoms with van der Waals surface area (Å²) in [4.78, 5) is 13.5. The summed E-state index contributed by atoms with van der Waals surface area (Å²) in [6, 6.07) is 7.63. The van der Waals surface area contributed by atoms with Crippen molar-refractivity contribution < 1.29 is 19.4 Å². The van der Waals surface area contributed by atoms with Crippen LogP contribution in [0.5, 0.6) is 5.75 Å². The molecule has 0 saturated heterocycles. The van der Waals surface area contributed by atoms with Gasteiger partial charge in [0, 0.05) is 6.54 Å². The van der Waals surface area contributed by atoms with Gasteiger partial charge in [0.2, 0.25) is 0 Å². The van der Waals surface area contributed by atoms with Gasteiger partial charge >= 0.3 is 5.97 Å². The van der Waals surface area contributed by atoms with E-state index >= 15 is 0 Å². The van der Waals surface area contributed by atoms with E-state index in [-0.39, 0.29) is 6.54 Å². The Morgan fingerprint density at radius 1 is 1.53 bits per heavy atom. The van der Waals surface area contributed by atoms with Crippen LogP contribution >= 0.6 is 0 Å². The van der Waals surface area contributed by atoms with Crippen LogP contribution in [0.15, 0.2) is 24.3 Å².